The number of hydrogen-bond donors (Lipinski definition) is 1. The van der Waals surface area contributed by atoms with Crippen molar-refractivity contribution in [3.05, 3.63) is 53.6 Å². The third-order valence-electron chi connectivity index (χ3n) is 3.44. The molecule has 3 aromatic rings. The van der Waals surface area contributed by atoms with Gasteiger partial charge in [0.25, 0.3) is 5.91 Å². The van der Waals surface area contributed by atoms with Crippen molar-refractivity contribution in [2.75, 3.05) is 5.32 Å². The third-order valence-corrected chi connectivity index (χ3v) is 3.44. The zero-order valence-corrected chi connectivity index (χ0v) is 12.3. The minimum atomic E-state index is -0.162. The van der Waals surface area contributed by atoms with Crippen LogP contribution in [-0.4, -0.2) is 35.9 Å². The molecular formula is C14H15N7O. The lowest BCUT2D eigenvalue weighted by atomic mass is 10.1. The van der Waals surface area contributed by atoms with E-state index in [0.29, 0.717) is 17.8 Å². The number of aryl methyl sites for hydroxylation is 1. The molecule has 22 heavy (non-hydrogen) atoms. The van der Waals surface area contributed by atoms with Crippen LogP contribution >= 0.6 is 0 Å². The van der Waals surface area contributed by atoms with E-state index in [1.165, 1.54) is 0 Å². The van der Waals surface area contributed by atoms with Crippen molar-refractivity contribution in [2.24, 2.45) is 7.05 Å². The molecule has 0 saturated heterocycles. The standard InChI is InChI=1S/C14H15N7O/c1-10-13(7-16-20(10)2)17-14(22)12-5-3-11(4-6-12)8-21-9-15-18-19-21/h3-7,9H,8H2,1-2H3,(H,17,22). The Morgan fingerprint density at radius 2 is 2.05 bits per heavy atom. The van der Waals surface area contributed by atoms with Gasteiger partial charge in [-0.2, -0.15) is 5.10 Å². The summed E-state index contributed by atoms with van der Waals surface area (Å²) in [5.41, 5.74) is 3.22. The molecule has 0 bridgehead atoms. The van der Waals surface area contributed by atoms with Crippen LogP contribution in [0.3, 0.4) is 0 Å². The van der Waals surface area contributed by atoms with Gasteiger partial charge in [0.1, 0.15) is 6.33 Å². The highest BCUT2D eigenvalue weighted by molar-refractivity contribution is 6.04. The van der Waals surface area contributed by atoms with E-state index in [1.807, 2.05) is 26.1 Å². The molecule has 2 aromatic heterocycles. The summed E-state index contributed by atoms with van der Waals surface area (Å²) in [6, 6.07) is 7.32. The minimum absolute atomic E-state index is 0.162. The van der Waals surface area contributed by atoms with Crippen LogP contribution in [0, 0.1) is 6.92 Å². The van der Waals surface area contributed by atoms with Crippen LogP contribution in [0.1, 0.15) is 21.6 Å². The summed E-state index contributed by atoms with van der Waals surface area (Å²) in [6.07, 6.45) is 3.19. The van der Waals surface area contributed by atoms with Crippen molar-refractivity contribution in [3.63, 3.8) is 0 Å². The van der Waals surface area contributed by atoms with Crippen molar-refractivity contribution >= 4 is 11.6 Å². The van der Waals surface area contributed by atoms with Crippen molar-refractivity contribution in [2.45, 2.75) is 13.5 Å². The fourth-order valence-electron chi connectivity index (χ4n) is 2.02. The van der Waals surface area contributed by atoms with Gasteiger partial charge in [-0.1, -0.05) is 12.1 Å². The van der Waals surface area contributed by atoms with Crippen molar-refractivity contribution in [1.29, 1.82) is 0 Å². The maximum absolute atomic E-state index is 12.2. The molecular weight excluding hydrogens is 282 g/mol. The molecule has 0 aliphatic rings. The average molecular weight is 297 g/mol. The third kappa shape index (κ3) is 2.85. The minimum Gasteiger partial charge on any atom is -0.319 e. The highest BCUT2D eigenvalue weighted by Crippen LogP contribution is 2.14. The van der Waals surface area contributed by atoms with Gasteiger partial charge in [0, 0.05) is 12.6 Å². The van der Waals surface area contributed by atoms with Gasteiger partial charge in [-0.3, -0.25) is 9.48 Å². The van der Waals surface area contributed by atoms with E-state index in [9.17, 15) is 4.79 Å². The largest absolute Gasteiger partial charge is 0.319 e. The number of anilines is 1. The number of benzene rings is 1. The summed E-state index contributed by atoms with van der Waals surface area (Å²) in [6.45, 7) is 2.47. The molecule has 0 fully saturated rings. The van der Waals surface area contributed by atoms with Crippen LogP contribution in [0.4, 0.5) is 5.69 Å². The van der Waals surface area contributed by atoms with Crippen LogP contribution in [0.2, 0.25) is 0 Å². The number of tetrazole rings is 1. The number of nitrogens with one attached hydrogen (secondary N) is 1. The van der Waals surface area contributed by atoms with E-state index in [2.05, 4.69) is 25.9 Å². The Morgan fingerprint density at radius 1 is 1.27 bits per heavy atom. The van der Waals surface area contributed by atoms with Crippen LogP contribution in [0.25, 0.3) is 0 Å². The number of carbonyl (C=O) groups excluding carboxylic acids is 1. The fourth-order valence-corrected chi connectivity index (χ4v) is 2.02. The zero-order valence-electron chi connectivity index (χ0n) is 12.3. The van der Waals surface area contributed by atoms with Crippen LogP contribution in [0.5, 0.6) is 0 Å². The van der Waals surface area contributed by atoms with Crippen molar-refractivity contribution in [3.8, 4) is 0 Å². The number of amides is 1. The monoisotopic (exact) mass is 297 g/mol. The summed E-state index contributed by atoms with van der Waals surface area (Å²) in [5, 5.41) is 17.9. The van der Waals surface area contributed by atoms with Crippen molar-refractivity contribution in [1.82, 2.24) is 30.0 Å². The molecule has 1 aromatic carbocycles. The molecule has 1 amide bonds. The molecule has 0 unspecified atom stereocenters. The highest BCUT2D eigenvalue weighted by atomic mass is 16.1. The normalized spacial score (nSPS) is 10.6. The molecule has 0 saturated carbocycles. The summed E-state index contributed by atoms with van der Waals surface area (Å²) in [4.78, 5) is 12.2. The molecule has 2 heterocycles. The van der Waals surface area contributed by atoms with E-state index in [-0.39, 0.29) is 5.91 Å². The Labute approximate surface area is 126 Å². The predicted molar refractivity (Wildman–Crippen MR) is 79.3 cm³/mol. The molecule has 0 aliphatic heterocycles. The van der Waals surface area contributed by atoms with Gasteiger partial charge in [-0.25, -0.2) is 4.68 Å². The molecule has 0 spiro atoms. The SMILES string of the molecule is Cc1c(NC(=O)c2ccc(Cn3cnnn3)cc2)cnn1C. The number of nitrogens with zero attached hydrogens (tertiary/aromatic N) is 6. The second-order valence-corrected chi connectivity index (χ2v) is 4.93. The molecule has 1 N–H and O–H groups in total. The smallest absolute Gasteiger partial charge is 0.255 e. The van der Waals surface area contributed by atoms with Gasteiger partial charge in [0.15, 0.2) is 0 Å². The Kier molecular flexibility index (Phi) is 3.65. The van der Waals surface area contributed by atoms with Crippen LogP contribution < -0.4 is 5.32 Å². The summed E-state index contributed by atoms with van der Waals surface area (Å²) in [7, 11) is 1.83. The summed E-state index contributed by atoms with van der Waals surface area (Å²) < 4.78 is 3.33. The summed E-state index contributed by atoms with van der Waals surface area (Å²) >= 11 is 0. The maximum Gasteiger partial charge on any atom is 0.255 e. The lowest BCUT2D eigenvalue weighted by molar-refractivity contribution is 0.102. The molecule has 3 rings (SSSR count). The van der Waals surface area contributed by atoms with Crippen LogP contribution in [-0.2, 0) is 13.6 Å². The van der Waals surface area contributed by atoms with Gasteiger partial charge in [-0.15, -0.1) is 5.10 Å². The van der Waals surface area contributed by atoms with Crippen LogP contribution in [0.15, 0.2) is 36.8 Å². The first-order chi connectivity index (χ1) is 10.6. The van der Waals surface area contributed by atoms with Gasteiger partial charge >= 0.3 is 0 Å². The quantitative estimate of drug-likeness (QED) is 0.776. The van der Waals surface area contributed by atoms with E-state index in [0.717, 1.165) is 11.3 Å². The number of aromatic nitrogens is 6. The van der Waals surface area contributed by atoms with Gasteiger partial charge in [0.05, 0.1) is 24.1 Å². The number of hydrogen-bond acceptors (Lipinski definition) is 5. The van der Waals surface area contributed by atoms with E-state index < -0.39 is 0 Å². The van der Waals surface area contributed by atoms with Gasteiger partial charge in [-0.05, 0) is 35.0 Å². The van der Waals surface area contributed by atoms with E-state index in [1.54, 1.807) is 34.0 Å². The molecule has 0 aliphatic carbocycles. The molecule has 0 radical (unpaired) electrons. The Bertz CT molecular complexity index is 774. The Hall–Kier alpha value is -3.03. The zero-order chi connectivity index (χ0) is 15.5. The first kappa shape index (κ1) is 13.9. The predicted octanol–water partition coefficient (Wildman–Crippen LogP) is 1.02. The second-order valence-electron chi connectivity index (χ2n) is 4.93. The van der Waals surface area contributed by atoms with Gasteiger partial charge < -0.3 is 5.32 Å². The van der Waals surface area contributed by atoms with E-state index >= 15 is 0 Å². The molecule has 0 atom stereocenters. The first-order valence-electron chi connectivity index (χ1n) is 6.73. The highest BCUT2D eigenvalue weighted by Gasteiger charge is 2.10. The van der Waals surface area contributed by atoms with Crippen molar-refractivity contribution < 1.29 is 4.79 Å². The second kappa shape index (κ2) is 5.76. The lowest BCUT2D eigenvalue weighted by Gasteiger charge is -2.06. The molecule has 112 valence electrons. The summed E-state index contributed by atoms with van der Waals surface area (Å²) in [5.74, 6) is -0.162. The van der Waals surface area contributed by atoms with E-state index in [4.69, 9.17) is 0 Å². The number of rotatable bonds is 4. The Morgan fingerprint density at radius 3 is 2.64 bits per heavy atom. The van der Waals surface area contributed by atoms with Gasteiger partial charge in [0.2, 0.25) is 0 Å². The lowest BCUT2D eigenvalue weighted by Crippen LogP contribution is -2.12. The Balaban J connectivity index is 1.69. The topological polar surface area (TPSA) is 90.5 Å². The number of carbonyl (C=O) groups is 1. The first-order valence-corrected chi connectivity index (χ1v) is 6.73. The fraction of sp³-hybridized carbons (Fsp3) is 0.214. The molecule has 8 heteroatoms. The average Bonchev–Trinajstić information content (AvgIpc) is 3.13. The molecule has 8 nitrogen and oxygen atoms in total. The maximum atomic E-state index is 12.2.